The predicted octanol–water partition coefficient (Wildman–Crippen LogP) is 8.60. The van der Waals surface area contributed by atoms with Gasteiger partial charge in [-0.25, -0.2) is 0 Å². The molecule has 9 atom stereocenters. The highest BCUT2D eigenvalue weighted by atomic mass is 16.5. The largest absolute Gasteiger partial charge is 0.462 e. The molecule has 0 aromatic rings. The van der Waals surface area contributed by atoms with E-state index in [1.54, 1.807) is 6.92 Å². The van der Waals surface area contributed by atoms with Gasteiger partial charge in [0.25, 0.3) is 0 Å². The third-order valence-electron chi connectivity index (χ3n) is 13.0. The second-order valence-electron chi connectivity index (χ2n) is 15.4. The summed E-state index contributed by atoms with van der Waals surface area (Å²) in [6.45, 7) is 22.0. The zero-order valence-corrected chi connectivity index (χ0v) is 23.7. The van der Waals surface area contributed by atoms with Crippen LogP contribution in [-0.4, -0.2) is 12.1 Å². The Labute approximate surface area is 210 Å². The molecule has 0 heterocycles. The van der Waals surface area contributed by atoms with E-state index in [2.05, 4.69) is 61.5 Å². The van der Waals surface area contributed by atoms with Crippen LogP contribution in [0.4, 0.5) is 0 Å². The molecule has 2 heteroatoms. The first kappa shape index (κ1) is 24.9. The zero-order valence-electron chi connectivity index (χ0n) is 23.7. The topological polar surface area (TPSA) is 26.3 Å². The van der Waals surface area contributed by atoms with Crippen LogP contribution in [0.3, 0.4) is 0 Å². The van der Waals surface area contributed by atoms with Gasteiger partial charge >= 0.3 is 5.97 Å². The van der Waals surface area contributed by atoms with E-state index in [9.17, 15) is 4.79 Å². The summed E-state index contributed by atoms with van der Waals surface area (Å²) in [5, 5.41) is 0. The normalized spacial score (nSPS) is 51.6. The number of hydrogen-bond donors (Lipinski definition) is 0. The van der Waals surface area contributed by atoms with E-state index < -0.39 is 0 Å². The lowest BCUT2D eigenvalue weighted by molar-refractivity contribution is -0.197. The molecule has 5 aliphatic rings. The molecule has 5 aliphatic carbocycles. The quantitative estimate of drug-likeness (QED) is 0.299. The summed E-state index contributed by atoms with van der Waals surface area (Å²) in [6.07, 6.45) is 14.6. The molecule has 4 fully saturated rings. The van der Waals surface area contributed by atoms with Gasteiger partial charge in [0, 0.05) is 12.3 Å². The van der Waals surface area contributed by atoms with Gasteiger partial charge in [-0.05, 0) is 109 Å². The number of carbonyl (C=O) groups is 1. The fourth-order valence-corrected chi connectivity index (χ4v) is 11.8. The SMILES string of the molecule is CC(=O)O[C@H]1CC[C@]2(C)[C@H]3CC[C@]4(C)C(=CC[C@@]5(C)CC[C@H](C(C)C)[C@H]54)[C@]3(C)CC[C@H]2C1(C)C. The molecule has 0 N–H and O–H groups in total. The van der Waals surface area contributed by atoms with Gasteiger partial charge in [-0.3, -0.25) is 4.79 Å². The molecule has 0 unspecified atom stereocenters. The smallest absolute Gasteiger partial charge is 0.302 e. The Hall–Kier alpha value is -0.790. The molecular weight excluding hydrogens is 416 g/mol. The molecule has 2 nitrogen and oxygen atoms in total. The Morgan fingerprint density at radius 1 is 0.882 bits per heavy atom. The molecule has 0 spiro atoms. The lowest BCUT2D eigenvalue weighted by atomic mass is 9.35. The first-order valence-electron chi connectivity index (χ1n) is 14.6. The van der Waals surface area contributed by atoms with Gasteiger partial charge in [-0.1, -0.05) is 67.0 Å². The van der Waals surface area contributed by atoms with Crippen LogP contribution >= 0.6 is 0 Å². The standard InChI is InChI=1S/C32H52O2/c1-20(2)22-10-15-29(6)16-11-25-31(8)17-12-23-28(4,5)26(34-21(3)33)14-19-30(23,7)24(31)13-18-32(25,9)27(22)29/h11,20,22-24,26-27H,10,12-19H2,1-9H3/t22-,23+,24-,26+,27-,29-,30+,31-,32-/m1/s1. The average Bonchev–Trinajstić information content (AvgIpc) is 3.08. The average molecular weight is 469 g/mol. The van der Waals surface area contributed by atoms with Crippen LogP contribution in [0.15, 0.2) is 11.6 Å². The zero-order chi connectivity index (χ0) is 24.9. The summed E-state index contributed by atoms with van der Waals surface area (Å²) in [7, 11) is 0. The van der Waals surface area contributed by atoms with E-state index in [0.29, 0.717) is 27.6 Å². The van der Waals surface area contributed by atoms with Crippen LogP contribution in [0.25, 0.3) is 0 Å². The van der Waals surface area contributed by atoms with E-state index in [1.165, 1.54) is 51.4 Å². The Balaban J connectivity index is 1.52. The molecule has 0 saturated heterocycles. The van der Waals surface area contributed by atoms with Crippen molar-refractivity contribution in [1.82, 2.24) is 0 Å². The van der Waals surface area contributed by atoms with Gasteiger partial charge in [0.2, 0.25) is 0 Å². The molecule has 34 heavy (non-hydrogen) atoms. The molecule has 0 amide bonds. The lowest BCUT2D eigenvalue weighted by Gasteiger charge is -2.69. The van der Waals surface area contributed by atoms with E-state index >= 15 is 0 Å². The minimum absolute atomic E-state index is 0.0501. The lowest BCUT2D eigenvalue weighted by Crippen LogP contribution is -2.63. The molecule has 4 saturated carbocycles. The second kappa shape index (κ2) is 7.61. The number of carbonyl (C=O) groups excluding carboxylic acids is 1. The first-order chi connectivity index (χ1) is 15.7. The van der Waals surface area contributed by atoms with Crippen LogP contribution < -0.4 is 0 Å². The third-order valence-corrected chi connectivity index (χ3v) is 13.0. The Kier molecular flexibility index (Phi) is 5.57. The van der Waals surface area contributed by atoms with E-state index in [-0.39, 0.29) is 17.5 Å². The Morgan fingerprint density at radius 2 is 1.53 bits per heavy atom. The van der Waals surface area contributed by atoms with Crippen molar-refractivity contribution in [1.29, 1.82) is 0 Å². The Morgan fingerprint density at radius 3 is 2.18 bits per heavy atom. The number of allylic oxidation sites excluding steroid dienone is 2. The summed E-state index contributed by atoms with van der Waals surface area (Å²) in [6, 6.07) is 0. The van der Waals surface area contributed by atoms with Crippen molar-refractivity contribution in [2.45, 2.75) is 126 Å². The molecular formula is C32H52O2. The number of rotatable bonds is 2. The van der Waals surface area contributed by atoms with Crippen molar-refractivity contribution in [3.05, 3.63) is 11.6 Å². The maximum atomic E-state index is 11.9. The van der Waals surface area contributed by atoms with Crippen molar-refractivity contribution >= 4 is 5.97 Å². The first-order valence-corrected chi connectivity index (χ1v) is 14.6. The number of fused-ring (bicyclic) bond motifs is 7. The van der Waals surface area contributed by atoms with Gasteiger partial charge in [0.05, 0.1) is 0 Å². The van der Waals surface area contributed by atoms with E-state index in [0.717, 1.165) is 30.1 Å². The maximum Gasteiger partial charge on any atom is 0.302 e. The van der Waals surface area contributed by atoms with Gasteiger partial charge < -0.3 is 4.74 Å². The highest BCUT2D eigenvalue weighted by Crippen LogP contribution is 2.75. The molecule has 0 aromatic carbocycles. The van der Waals surface area contributed by atoms with Crippen LogP contribution in [0.2, 0.25) is 0 Å². The number of hydrogen-bond acceptors (Lipinski definition) is 2. The fourth-order valence-electron chi connectivity index (χ4n) is 11.8. The van der Waals surface area contributed by atoms with Crippen molar-refractivity contribution in [3.8, 4) is 0 Å². The highest BCUT2D eigenvalue weighted by molar-refractivity contribution is 5.66. The minimum atomic E-state index is -0.109. The third kappa shape index (κ3) is 3.14. The molecule has 192 valence electrons. The second-order valence-corrected chi connectivity index (χ2v) is 15.4. The number of ether oxygens (including phenoxy) is 1. The van der Waals surface area contributed by atoms with E-state index in [1.807, 2.05) is 5.57 Å². The summed E-state index contributed by atoms with van der Waals surface area (Å²) >= 11 is 0. The van der Waals surface area contributed by atoms with Gasteiger partial charge in [-0.2, -0.15) is 0 Å². The molecule has 0 radical (unpaired) electrons. The van der Waals surface area contributed by atoms with Crippen LogP contribution in [-0.2, 0) is 9.53 Å². The Bertz CT molecular complexity index is 883. The van der Waals surface area contributed by atoms with E-state index in [4.69, 9.17) is 4.74 Å². The molecule has 0 aromatic heterocycles. The summed E-state index contributed by atoms with van der Waals surface area (Å²) < 4.78 is 5.91. The summed E-state index contributed by atoms with van der Waals surface area (Å²) in [4.78, 5) is 11.9. The maximum absolute atomic E-state index is 11.9. The van der Waals surface area contributed by atoms with Gasteiger partial charge in [0.1, 0.15) is 6.10 Å². The van der Waals surface area contributed by atoms with Crippen molar-refractivity contribution in [2.24, 2.45) is 56.7 Å². The van der Waals surface area contributed by atoms with Crippen molar-refractivity contribution in [2.75, 3.05) is 0 Å². The number of esters is 1. The summed E-state index contributed by atoms with van der Waals surface area (Å²) in [5.74, 6) is 3.79. The van der Waals surface area contributed by atoms with Crippen LogP contribution in [0, 0.1) is 56.7 Å². The van der Waals surface area contributed by atoms with Gasteiger partial charge in [-0.15, -0.1) is 0 Å². The fraction of sp³-hybridized carbons (Fsp3) is 0.906. The van der Waals surface area contributed by atoms with Crippen molar-refractivity contribution < 1.29 is 9.53 Å². The molecule has 0 bridgehead atoms. The minimum Gasteiger partial charge on any atom is -0.462 e. The van der Waals surface area contributed by atoms with Crippen molar-refractivity contribution in [3.63, 3.8) is 0 Å². The predicted molar refractivity (Wildman–Crippen MR) is 140 cm³/mol. The van der Waals surface area contributed by atoms with Crippen LogP contribution in [0.5, 0.6) is 0 Å². The monoisotopic (exact) mass is 468 g/mol. The molecule has 5 rings (SSSR count). The van der Waals surface area contributed by atoms with Crippen LogP contribution in [0.1, 0.15) is 120 Å². The molecule has 0 aliphatic heterocycles. The highest BCUT2D eigenvalue weighted by Gasteiger charge is 2.68. The van der Waals surface area contributed by atoms with Gasteiger partial charge in [0.15, 0.2) is 0 Å². The summed E-state index contributed by atoms with van der Waals surface area (Å²) in [5.41, 5.74) is 3.45.